The summed E-state index contributed by atoms with van der Waals surface area (Å²) in [7, 11) is -2.02. The maximum atomic E-state index is 13.2. The van der Waals surface area contributed by atoms with Crippen LogP contribution in [0.25, 0.3) is 0 Å². The Morgan fingerprint density at radius 1 is 1.23 bits per heavy atom. The van der Waals surface area contributed by atoms with Crippen molar-refractivity contribution in [3.63, 3.8) is 0 Å². The summed E-state index contributed by atoms with van der Waals surface area (Å²) in [5.74, 6) is 2.07. The van der Waals surface area contributed by atoms with Crippen LogP contribution >= 0.6 is 27.7 Å². The molecule has 1 aliphatic rings. The van der Waals surface area contributed by atoms with Crippen molar-refractivity contribution in [1.29, 1.82) is 0 Å². The fourth-order valence-electron chi connectivity index (χ4n) is 2.85. The Morgan fingerprint density at radius 2 is 1.96 bits per heavy atom. The maximum Gasteiger partial charge on any atom is 0.244 e. The molecule has 26 heavy (non-hydrogen) atoms. The molecule has 2 aromatic rings. The molecule has 1 fully saturated rings. The van der Waals surface area contributed by atoms with Crippen LogP contribution in [0.4, 0.5) is 0 Å². The Bertz CT molecular complexity index is 871. The molecular weight excluding hydrogens is 438 g/mol. The van der Waals surface area contributed by atoms with Crippen LogP contribution in [0.1, 0.15) is 17.9 Å². The second-order valence-electron chi connectivity index (χ2n) is 5.63. The Morgan fingerprint density at radius 3 is 2.62 bits per heavy atom. The van der Waals surface area contributed by atoms with Crippen LogP contribution < -0.4 is 9.47 Å². The van der Waals surface area contributed by atoms with E-state index in [1.54, 1.807) is 43.1 Å². The molecule has 0 unspecified atom stereocenters. The van der Waals surface area contributed by atoms with Crippen molar-refractivity contribution in [1.82, 2.24) is 4.31 Å². The average molecular weight is 458 g/mol. The van der Waals surface area contributed by atoms with Crippen molar-refractivity contribution >= 4 is 37.7 Å². The third-order valence-electron chi connectivity index (χ3n) is 4.05. The summed E-state index contributed by atoms with van der Waals surface area (Å²) in [6.07, 6.45) is 0. The van der Waals surface area contributed by atoms with E-state index in [0.29, 0.717) is 24.7 Å². The number of methoxy groups -OCH3 is 1. The lowest BCUT2D eigenvalue weighted by Gasteiger charge is -2.25. The lowest BCUT2D eigenvalue weighted by molar-refractivity contribution is 0.340. The van der Waals surface area contributed by atoms with Gasteiger partial charge in [-0.2, -0.15) is 4.31 Å². The van der Waals surface area contributed by atoms with Gasteiger partial charge >= 0.3 is 0 Å². The SMILES string of the molecule is CCOc1ccc(S(=O)(=O)N2CCS[C@@H]2c2cc(Br)ccc2OC)cc1. The highest BCUT2D eigenvalue weighted by molar-refractivity contribution is 9.10. The molecule has 1 aliphatic heterocycles. The van der Waals surface area contributed by atoms with Gasteiger partial charge in [-0.3, -0.25) is 0 Å². The lowest BCUT2D eigenvalue weighted by atomic mass is 10.2. The molecular formula is C18H20BrNO4S2. The fraction of sp³-hybridized carbons (Fsp3) is 0.333. The highest BCUT2D eigenvalue weighted by Crippen LogP contribution is 2.45. The summed E-state index contributed by atoms with van der Waals surface area (Å²) in [4.78, 5) is 0.266. The summed E-state index contributed by atoms with van der Waals surface area (Å²) < 4.78 is 39.7. The van der Waals surface area contributed by atoms with Crippen molar-refractivity contribution in [2.75, 3.05) is 26.0 Å². The number of nitrogens with zero attached hydrogens (tertiary/aromatic N) is 1. The first-order chi connectivity index (χ1) is 12.5. The fourth-order valence-corrected chi connectivity index (χ4v) is 6.48. The van der Waals surface area contributed by atoms with Crippen LogP contribution in [0, 0.1) is 0 Å². The monoisotopic (exact) mass is 457 g/mol. The first-order valence-corrected chi connectivity index (χ1v) is 11.4. The third kappa shape index (κ3) is 3.88. The van der Waals surface area contributed by atoms with Crippen LogP contribution in [0.3, 0.4) is 0 Å². The standard InChI is InChI=1S/C18H20BrNO4S2/c1-3-24-14-5-7-15(8-6-14)26(21,22)20-10-11-25-18(20)16-12-13(19)4-9-17(16)23-2/h4-9,12,18H,3,10-11H2,1-2H3/t18-/m1/s1. The minimum atomic E-state index is -3.62. The van der Waals surface area contributed by atoms with Gasteiger partial charge < -0.3 is 9.47 Å². The molecule has 0 spiro atoms. The number of sulfonamides is 1. The Kier molecular flexibility index (Phi) is 6.17. The molecule has 0 aliphatic carbocycles. The molecule has 2 aromatic carbocycles. The van der Waals surface area contributed by atoms with E-state index in [1.807, 2.05) is 25.1 Å². The van der Waals surface area contributed by atoms with Gasteiger partial charge in [-0.25, -0.2) is 8.42 Å². The molecule has 0 bridgehead atoms. The smallest absolute Gasteiger partial charge is 0.244 e. The van der Waals surface area contributed by atoms with E-state index in [-0.39, 0.29) is 10.3 Å². The van der Waals surface area contributed by atoms with Gasteiger partial charge in [-0.05, 0) is 49.4 Å². The van der Waals surface area contributed by atoms with E-state index in [9.17, 15) is 8.42 Å². The van der Waals surface area contributed by atoms with E-state index in [2.05, 4.69) is 15.9 Å². The molecule has 0 radical (unpaired) electrons. The van der Waals surface area contributed by atoms with E-state index in [4.69, 9.17) is 9.47 Å². The lowest BCUT2D eigenvalue weighted by Crippen LogP contribution is -2.30. The van der Waals surface area contributed by atoms with Crippen LogP contribution in [-0.4, -0.2) is 38.7 Å². The zero-order valence-corrected chi connectivity index (χ0v) is 17.7. The number of hydrogen-bond acceptors (Lipinski definition) is 5. The van der Waals surface area contributed by atoms with Gasteiger partial charge in [0.1, 0.15) is 11.5 Å². The van der Waals surface area contributed by atoms with Gasteiger partial charge in [0.25, 0.3) is 0 Å². The van der Waals surface area contributed by atoms with Gasteiger partial charge in [0.15, 0.2) is 0 Å². The molecule has 0 N–H and O–H groups in total. The van der Waals surface area contributed by atoms with Gasteiger partial charge in [-0.15, -0.1) is 11.8 Å². The van der Waals surface area contributed by atoms with Crippen molar-refractivity contribution in [3.8, 4) is 11.5 Å². The second-order valence-corrected chi connectivity index (χ2v) is 9.62. The highest BCUT2D eigenvalue weighted by Gasteiger charge is 2.38. The summed E-state index contributed by atoms with van der Waals surface area (Å²) >= 11 is 5.06. The normalized spacial score (nSPS) is 18.0. The predicted molar refractivity (Wildman–Crippen MR) is 107 cm³/mol. The molecule has 0 aromatic heterocycles. The van der Waals surface area contributed by atoms with Gasteiger partial charge in [0, 0.05) is 22.3 Å². The number of rotatable bonds is 6. The van der Waals surface area contributed by atoms with Crippen LogP contribution in [0.15, 0.2) is 51.8 Å². The summed E-state index contributed by atoms with van der Waals surface area (Å²) in [5.41, 5.74) is 0.846. The molecule has 1 saturated heterocycles. The summed E-state index contributed by atoms with van der Waals surface area (Å²) in [6.45, 7) is 2.89. The quantitative estimate of drug-likeness (QED) is 0.647. The molecule has 0 amide bonds. The van der Waals surface area contributed by atoms with Gasteiger partial charge in [0.05, 0.1) is 24.0 Å². The third-order valence-corrected chi connectivity index (χ3v) is 7.80. The maximum absolute atomic E-state index is 13.2. The van der Waals surface area contributed by atoms with Gasteiger partial charge in [0.2, 0.25) is 10.0 Å². The van der Waals surface area contributed by atoms with E-state index < -0.39 is 10.0 Å². The molecule has 140 valence electrons. The minimum absolute atomic E-state index is 0.266. The zero-order valence-electron chi connectivity index (χ0n) is 14.5. The second kappa shape index (κ2) is 8.21. The summed E-state index contributed by atoms with van der Waals surface area (Å²) in [6, 6.07) is 12.2. The summed E-state index contributed by atoms with van der Waals surface area (Å²) in [5, 5.41) is -0.320. The van der Waals surface area contributed by atoms with Crippen molar-refractivity contribution < 1.29 is 17.9 Å². The zero-order chi connectivity index (χ0) is 18.7. The van der Waals surface area contributed by atoms with Crippen molar-refractivity contribution in [2.24, 2.45) is 0 Å². The van der Waals surface area contributed by atoms with Crippen LogP contribution in [-0.2, 0) is 10.0 Å². The van der Waals surface area contributed by atoms with Crippen molar-refractivity contribution in [3.05, 3.63) is 52.5 Å². The van der Waals surface area contributed by atoms with Gasteiger partial charge in [-0.1, -0.05) is 15.9 Å². The topological polar surface area (TPSA) is 55.8 Å². The van der Waals surface area contributed by atoms with Crippen LogP contribution in [0.2, 0.25) is 0 Å². The first-order valence-electron chi connectivity index (χ1n) is 8.17. The highest BCUT2D eigenvalue weighted by atomic mass is 79.9. The molecule has 1 heterocycles. The molecule has 1 atom stereocenters. The van der Waals surface area contributed by atoms with Crippen molar-refractivity contribution in [2.45, 2.75) is 17.2 Å². The Labute approximate surface area is 166 Å². The van der Waals surface area contributed by atoms with E-state index in [0.717, 1.165) is 15.8 Å². The Balaban J connectivity index is 1.95. The molecule has 5 nitrogen and oxygen atoms in total. The first kappa shape index (κ1) is 19.5. The Hall–Kier alpha value is -1.22. The van der Waals surface area contributed by atoms with E-state index in [1.165, 1.54) is 4.31 Å². The number of thioether (sulfide) groups is 1. The molecule has 8 heteroatoms. The number of ether oxygens (including phenoxy) is 2. The molecule has 3 rings (SSSR count). The minimum Gasteiger partial charge on any atom is -0.496 e. The molecule has 0 saturated carbocycles. The van der Waals surface area contributed by atoms with Crippen LogP contribution in [0.5, 0.6) is 11.5 Å². The van der Waals surface area contributed by atoms with E-state index >= 15 is 0 Å². The number of benzene rings is 2. The predicted octanol–water partition coefficient (Wildman–Crippen LogP) is 4.29. The average Bonchev–Trinajstić information content (AvgIpc) is 3.13. The number of halogens is 1. The number of hydrogen-bond donors (Lipinski definition) is 0. The largest absolute Gasteiger partial charge is 0.496 e.